The summed E-state index contributed by atoms with van der Waals surface area (Å²) in [6, 6.07) is 4.32. The second-order valence-corrected chi connectivity index (χ2v) is 6.26. The average molecular weight is 336 g/mol. The van der Waals surface area contributed by atoms with Crippen LogP contribution >= 0.6 is 0 Å². The molecule has 2 N–H and O–H groups in total. The Morgan fingerprint density at radius 1 is 1.42 bits per heavy atom. The Kier molecular flexibility index (Phi) is 5.74. The highest BCUT2D eigenvalue weighted by molar-refractivity contribution is 5.94. The summed E-state index contributed by atoms with van der Waals surface area (Å²) in [5.74, 6) is -0.677. The van der Waals surface area contributed by atoms with Crippen LogP contribution < -0.4 is 10.6 Å². The highest BCUT2D eigenvalue weighted by Crippen LogP contribution is 2.28. The fourth-order valence-corrected chi connectivity index (χ4v) is 3.02. The normalized spacial score (nSPS) is 21.5. The number of carbonyl (C=O) groups is 1. The molecular formula is C16H24N4O4. The Balaban J connectivity index is 2.07. The number of nitrogens with zero attached hydrogens (tertiary/aromatic N) is 3. The average Bonchev–Trinajstić information content (AvgIpc) is 2.51. The summed E-state index contributed by atoms with van der Waals surface area (Å²) >= 11 is 0. The van der Waals surface area contributed by atoms with E-state index in [4.69, 9.17) is 10.5 Å². The van der Waals surface area contributed by atoms with Gasteiger partial charge in [0.05, 0.1) is 17.1 Å². The molecule has 8 nitrogen and oxygen atoms in total. The summed E-state index contributed by atoms with van der Waals surface area (Å²) in [5, 5.41) is 11.3. The number of carbonyl (C=O) groups excluding carboxylic acids is 1. The van der Waals surface area contributed by atoms with Crippen LogP contribution in [0, 0.1) is 10.1 Å². The van der Waals surface area contributed by atoms with Crippen LogP contribution in [0.4, 0.5) is 11.4 Å². The molecule has 1 aliphatic rings. The van der Waals surface area contributed by atoms with Crippen molar-refractivity contribution in [3.05, 3.63) is 33.9 Å². The van der Waals surface area contributed by atoms with Gasteiger partial charge in [-0.3, -0.25) is 19.8 Å². The lowest BCUT2D eigenvalue weighted by molar-refractivity contribution is -0.384. The number of primary amides is 1. The molecule has 8 heteroatoms. The minimum Gasteiger partial charge on any atom is -0.373 e. The van der Waals surface area contributed by atoms with Gasteiger partial charge in [-0.15, -0.1) is 0 Å². The van der Waals surface area contributed by atoms with Crippen LogP contribution in [0.5, 0.6) is 0 Å². The van der Waals surface area contributed by atoms with Crippen molar-refractivity contribution < 1.29 is 14.5 Å². The van der Waals surface area contributed by atoms with Crippen molar-refractivity contribution in [1.82, 2.24) is 4.90 Å². The second-order valence-electron chi connectivity index (χ2n) is 6.26. The van der Waals surface area contributed by atoms with E-state index in [2.05, 4.69) is 4.90 Å². The molecule has 0 bridgehead atoms. The van der Waals surface area contributed by atoms with Crippen LogP contribution in [0.15, 0.2) is 18.2 Å². The molecule has 0 unspecified atom stereocenters. The third-order valence-corrected chi connectivity index (χ3v) is 4.11. The summed E-state index contributed by atoms with van der Waals surface area (Å²) in [4.78, 5) is 26.1. The minimum atomic E-state index is -0.677. The molecule has 0 radical (unpaired) electrons. The van der Waals surface area contributed by atoms with E-state index >= 15 is 0 Å². The number of benzene rings is 1. The van der Waals surface area contributed by atoms with Gasteiger partial charge >= 0.3 is 0 Å². The van der Waals surface area contributed by atoms with Gasteiger partial charge in [-0.1, -0.05) is 0 Å². The molecule has 1 heterocycles. The van der Waals surface area contributed by atoms with Gasteiger partial charge in [-0.25, -0.2) is 0 Å². The summed E-state index contributed by atoms with van der Waals surface area (Å²) in [6.07, 6.45) is 0.367. The zero-order valence-electron chi connectivity index (χ0n) is 14.3. The smallest absolute Gasteiger partial charge is 0.293 e. The molecule has 1 aromatic carbocycles. The number of nitro benzene ring substituents is 1. The Labute approximate surface area is 141 Å². The molecule has 1 fully saturated rings. The fourth-order valence-electron chi connectivity index (χ4n) is 3.02. The number of rotatable bonds is 6. The van der Waals surface area contributed by atoms with Crippen molar-refractivity contribution in [2.45, 2.75) is 26.1 Å². The molecule has 0 saturated carbocycles. The van der Waals surface area contributed by atoms with Crippen LogP contribution in [0.3, 0.4) is 0 Å². The van der Waals surface area contributed by atoms with E-state index in [-0.39, 0.29) is 23.5 Å². The second kappa shape index (κ2) is 7.59. The van der Waals surface area contributed by atoms with Crippen molar-refractivity contribution in [3.63, 3.8) is 0 Å². The van der Waals surface area contributed by atoms with E-state index in [1.54, 1.807) is 13.1 Å². The quantitative estimate of drug-likeness (QED) is 0.619. The molecule has 1 aromatic rings. The molecule has 1 aliphatic heterocycles. The molecule has 0 aliphatic carbocycles. The van der Waals surface area contributed by atoms with Crippen molar-refractivity contribution in [1.29, 1.82) is 0 Å². The molecule has 24 heavy (non-hydrogen) atoms. The van der Waals surface area contributed by atoms with Crippen LogP contribution in [-0.2, 0) is 4.74 Å². The number of nitro groups is 1. The Morgan fingerprint density at radius 3 is 2.58 bits per heavy atom. The first-order valence-corrected chi connectivity index (χ1v) is 7.95. The summed E-state index contributed by atoms with van der Waals surface area (Å²) in [6.45, 7) is 7.20. The predicted octanol–water partition coefficient (Wildman–Crippen LogP) is 1.24. The number of amides is 1. The third kappa shape index (κ3) is 4.42. The number of hydrogen-bond acceptors (Lipinski definition) is 6. The van der Waals surface area contributed by atoms with Gasteiger partial charge < -0.3 is 15.4 Å². The number of nitrogens with two attached hydrogens (primary N) is 1. The first-order valence-electron chi connectivity index (χ1n) is 7.95. The molecular weight excluding hydrogens is 312 g/mol. The van der Waals surface area contributed by atoms with E-state index < -0.39 is 10.8 Å². The zero-order valence-corrected chi connectivity index (χ0v) is 14.3. The molecule has 1 amide bonds. The van der Waals surface area contributed by atoms with Gasteiger partial charge in [0, 0.05) is 44.9 Å². The van der Waals surface area contributed by atoms with Crippen molar-refractivity contribution in [2.75, 3.05) is 38.1 Å². The molecule has 132 valence electrons. The van der Waals surface area contributed by atoms with E-state index in [0.29, 0.717) is 12.2 Å². The zero-order chi connectivity index (χ0) is 17.9. The first kappa shape index (κ1) is 18.2. The number of ether oxygens (including phenoxy) is 1. The monoisotopic (exact) mass is 336 g/mol. The van der Waals surface area contributed by atoms with Gasteiger partial charge in [0.2, 0.25) is 5.91 Å². The lowest BCUT2D eigenvalue weighted by atomic mass is 10.1. The Hall–Kier alpha value is -2.19. The van der Waals surface area contributed by atoms with Crippen LogP contribution in [-0.4, -0.2) is 61.2 Å². The predicted molar refractivity (Wildman–Crippen MR) is 91.3 cm³/mol. The van der Waals surface area contributed by atoms with Gasteiger partial charge in [0.15, 0.2) is 0 Å². The lowest BCUT2D eigenvalue weighted by Gasteiger charge is -2.36. The number of anilines is 1. The maximum Gasteiger partial charge on any atom is 0.293 e. The summed E-state index contributed by atoms with van der Waals surface area (Å²) in [7, 11) is 1.81. The molecule has 0 spiro atoms. The molecule has 2 atom stereocenters. The Morgan fingerprint density at radius 2 is 2.04 bits per heavy atom. The van der Waals surface area contributed by atoms with Crippen molar-refractivity contribution in [2.24, 2.45) is 5.73 Å². The van der Waals surface area contributed by atoms with Crippen LogP contribution in [0.25, 0.3) is 0 Å². The Bertz CT molecular complexity index is 612. The number of likely N-dealkylation sites (N-methyl/N-ethyl adjacent to an activating group) is 1. The van der Waals surface area contributed by atoms with Gasteiger partial charge in [-0.05, 0) is 26.0 Å². The fraction of sp³-hybridized carbons (Fsp3) is 0.562. The van der Waals surface area contributed by atoms with E-state index in [1.807, 2.05) is 18.7 Å². The maximum atomic E-state index is 11.3. The number of hydrogen-bond donors (Lipinski definition) is 1. The van der Waals surface area contributed by atoms with E-state index in [9.17, 15) is 14.9 Å². The van der Waals surface area contributed by atoms with Crippen LogP contribution in [0.2, 0.25) is 0 Å². The van der Waals surface area contributed by atoms with Gasteiger partial charge in [0.25, 0.3) is 5.69 Å². The topological polar surface area (TPSA) is 102 Å². The maximum absolute atomic E-state index is 11.3. The molecule has 0 aromatic heterocycles. The van der Waals surface area contributed by atoms with Crippen molar-refractivity contribution in [3.8, 4) is 0 Å². The van der Waals surface area contributed by atoms with E-state index in [1.165, 1.54) is 12.1 Å². The largest absolute Gasteiger partial charge is 0.373 e. The van der Waals surface area contributed by atoms with Gasteiger partial charge in [-0.2, -0.15) is 0 Å². The molecule has 2 rings (SSSR count). The highest BCUT2D eigenvalue weighted by Gasteiger charge is 2.23. The van der Waals surface area contributed by atoms with Gasteiger partial charge in [0.1, 0.15) is 5.69 Å². The highest BCUT2D eigenvalue weighted by atomic mass is 16.6. The van der Waals surface area contributed by atoms with Crippen LogP contribution in [0.1, 0.15) is 24.2 Å². The molecule has 1 saturated heterocycles. The number of morpholine rings is 1. The summed E-state index contributed by atoms with van der Waals surface area (Å²) < 4.78 is 5.71. The van der Waals surface area contributed by atoms with E-state index in [0.717, 1.165) is 19.6 Å². The first-order chi connectivity index (χ1) is 11.3. The standard InChI is InChI=1S/C16H24N4O4/c1-11-9-19(10-12(2)24-11)7-6-18(3)14-5-4-13(16(17)21)8-15(14)20(22)23/h4-5,8,11-12H,6-7,9-10H2,1-3H3,(H2,17,21)/t11-,12+. The minimum absolute atomic E-state index is 0.113. The third-order valence-electron chi connectivity index (χ3n) is 4.11. The summed E-state index contributed by atoms with van der Waals surface area (Å²) in [5.41, 5.74) is 5.69. The SMILES string of the molecule is C[C@@H]1CN(CCN(C)c2ccc(C(N)=O)cc2[N+](=O)[O-])C[C@H](C)O1. The lowest BCUT2D eigenvalue weighted by Crippen LogP contribution is -2.47. The van der Waals surface area contributed by atoms with Crippen molar-refractivity contribution >= 4 is 17.3 Å².